The molecule has 1 N–H and O–H groups in total. The number of hydrogen-bond donors (Lipinski definition) is 1. The summed E-state index contributed by atoms with van der Waals surface area (Å²) in [6, 6.07) is 0. The molecule has 0 aliphatic carbocycles. The third kappa shape index (κ3) is 3.52. The third-order valence-electron chi connectivity index (χ3n) is 2.99. The summed E-state index contributed by atoms with van der Waals surface area (Å²) in [4.78, 5) is 25.5. The second-order valence-corrected chi connectivity index (χ2v) is 4.35. The Morgan fingerprint density at radius 2 is 2.11 bits per heavy atom. The molecule has 0 amide bonds. The highest BCUT2D eigenvalue weighted by molar-refractivity contribution is 5.69. The molecule has 108 valence electrons. The number of hydrogen-bond acceptors (Lipinski definition) is 8. The van der Waals surface area contributed by atoms with E-state index in [0.29, 0.717) is 0 Å². The Balaban J connectivity index is 1.67. The van der Waals surface area contributed by atoms with Gasteiger partial charge in [-0.1, -0.05) is 0 Å². The van der Waals surface area contributed by atoms with E-state index in [4.69, 9.17) is 14.2 Å². The number of rotatable bonds is 6. The first-order valence-electron chi connectivity index (χ1n) is 5.96. The normalized spacial score (nSPS) is 32.9. The number of fused-ring (bicyclic) bond motifs is 1. The van der Waals surface area contributed by atoms with Crippen molar-refractivity contribution in [3.63, 3.8) is 0 Å². The SMILES string of the molecule is O=C(CCCO[N+](=O)[O-])O[C@@H]1CO[C@@H]2C(O)CO[C@@H]21. The summed E-state index contributed by atoms with van der Waals surface area (Å²) in [5.74, 6) is -0.494. The summed E-state index contributed by atoms with van der Waals surface area (Å²) in [7, 11) is 0. The lowest BCUT2D eigenvalue weighted by atomic mass is 10.1. The zero-order valence-corrected chi connectivity index (χ0v) is 10.1. The number of aliphatic hydroxyl groups is 1. The molecular formula is C10H15NO8. The van der Waals surface area contributed by atoms with Gasteiger partial charge in [0, 0.05) is 6.42 Å². The molecule has 9 nitrogen and oxygen atoms in total. The maximum Gasteiger partial charge on any atom is 0.306 e. The van der Waals surface area contributed by atoms with Crippen LogP contribution in [0.15, 0.2) is 0 Å². The summed E-state index contributed by atoms with van der Waals surface area (Å²) in [5, 5.41) is 18.5. The molecule has 0 radical (unpaired) electrons. The molecular weight excluding hydrogens is 262 g/mol. The largest absolute Gasteiger partial charge is 0.457 e. The van der Waals surface area contributed by atoms with Crippen molar-refractivity contribution < 1.29 is 34.0 Å². The Morgan fingerprint density at radius 3 is 2.84 bits per heavy atom. The van der Waals surface area contributed by atoms with Gasteiger partial charge in [0.25, 0.3) is 5.09 Å². The summed E-state index contributed by atoms with van der Waals surface area (Å²) in [6.45, 7) is 0.203. The van der Waals surface area contributed by atoms with Crippen molar-refractivity contribution >= 4 is 5.97 Å². The Morgan fingerprint density at radius 1 is 1.37 bits per heavy atom. The molecule has 2 aliphatic heterocycles. The average Bonchev–Trinajstić information content (AvgIpc) is 2.90. The smallest absolute Gasteiger partial charge is 0.306 e. The quantitative estimate of drug-likeness (QED) is 0.285. The van der Waals surface area contributed by atoms with Crippen molar-refractivity contribution in [1.82, 2.24) is 0 Å². The van der Waals surface area contributed by atoms with E-state index in [1.54, 1.807) is 0 Å². The number of nitrogens with zero attached hydrogens (tertiary/aromatic N) is 1. The molecule has 0 aromatic carbocycles. The standard InChI is InChI=1S/C10H15NO8/c12-6-4-16-10-7(5-17-9(6)10)19-8(13)2-1-3-18-11(14)15/h6-7,9-10,12H,1-5H2/t6?,7-,9-,10-/m1/s1. The first kappa shape index (κ1) is 14.0. The van der Waals surface area contributed by atoms with E-state index in [2.05, 4.69) is 4.84 Å². The second kappa shape index (κ2) is 6.13. The van der Waals surface area contributed by atoms with E-state index in [0.717, 1.165) is 0 Å². The maximum atomic E-state index is 11.5. The van der Waals surface area contributed by atoms with Gasteiger partial charge in [-0.25, -0.2) is 0 Å². The molecule has 2 aliphatic rings. The van der Waals surface area contributed by atoms with Crippen molar-refractivity contribution in [2.75, 3.05) is 19.8 Å². The number of ether oxygens (including phenoxy) is 3. The van der Waals surface area contributed by atoms with Crippen molar-refractivity contribution in [1.29, 1.82) is 0 Å². The highest BCUT2D eigenvalue weighted by Crippen LogP contribution is 2.28. The van der Waals surface area contributed by atoms with E-state index < -0.39 is 35.5 Å². The molecule has 1 unspecified atom stereocenters. The van der Waals surface area contributed by atoms with Gasteiger partial charge in [-0.15, -0.1) is 10.1 Å². The molecule has 0 saturated carbocycles. The van der Waals surface area contributed by atoms with Gasteiger partial charge in [-0.2, -0.15) is 0 Å². The molecule has 0 spiro atoms. The lowest BCUT2D eigenvalue weighted by Gasteiger charge is -2.16. The third-order valence-corrected chi connectivity index (χ3v) is 2.99. The topological polar surface area (TPSA) is 117 Å². The van der Waals surface area contributed by atoms with E-state index in [1.165, 1.54) is 0 Å². The van der Waals surface area contributed by atoms with Crippen LogP contribution in [0, 0.1) is 10.1 Å². The molecule has 2 saturated heterocycles. The Hall–Kier alpha value is -1.45. The molecule has 0 aromatic rings. The number of aliphatic hydroxyl groups excluding tert-OH is 1. The molecule has 4 atom stereocenters. The van der Waals surface area contributed by atoms with Gasteiger partial charge in [0.05, 0.1) is 19.8 Å². The minimum atomic E-state index is -0.908. The summed E-state index contributed by atoms with van der Waals surface area (Å²) >= 11 is 0. The van der Waals surface area contributed by atoms with Crippen LogP contribution >= 0.6 is 0 Å². The Labute approximate surface area is 108 Å². The summed E-state index contributed by atoms with van der Waals surface area (Å²) in [6.07, 6.45) is -1.90. The van der Waals surface area contributed by atoms with E-state index in [9.17, 15) is 20.0 Å². The minimum Gasteiger partial charge on any atom is -0.457 e. The fraction of sp³-hybridized carbons (Fsp3) is 0.900. The summed E-state index contributed by atoms with van der Waals surface area (Å²) < 4.78 is 15.7. The molecule has 2 fully saturated rings. The van der Waals surface area contributed by atoms with Crippen molar-refractivity contribution in [2.45, 2.75) is 37.3 Å². The molecule has 19 heavy (non-hydrogen) atoms. The number of carbonyl (C=O) groups is 1. The molecule has 2 rings (SSSR count). The van der Waals surface area contributed by atoms with Crippen molar-refractivity contribution in [2.24, 2.45) is 0 Å². The second-order valence-electron chi connectivity index (χ2n) is 4.35. The van der Waals surface area contributed by atoms with Crippen molar-refractivity contribution in [3.05, 3.63) is 10.1 Å². The van der Waals surface area contributed by atoms with Gasteiger partial charge < -0.3 is 24.2 Å². The van der Waals surface area contributed by atoms with Crippen LogP contribution in [0.25, 0.3) is 0 Å². The van der Waals surface area contributed by atoms with Crippen LogP contribution < -0.4 is 0 Å². The minimum absolute atomic E-state index is 0.0181. The zero-order chi connectivity index (χ0) is 13.8. The molecule has 9 heteroatoms. The van der Waals surface area contributed by atoms with Gasteiger partial charge in [0.15, 0.2) is 6.10 Å². The predicted octanol–water partition coefficient (Wildman–Crippen LogP) is -0.955. The molecule has 2 heterocycles. The predicted molar refractivity (Wildman–Crippen MR) is 57.5 cm³/mol. The zero-order valence-electron chi connectivity index (χ0n) is 10.1. The van der Waals surface area contributed by atoms with Crippen LogP contribution in [-0.2, 0) is 23.8 Å². The number of carbonyl (C=O) groups excluding carboxylic acids is 1. The van der Waals surface area contributed by atoms with Gasteiger partial charge >= 0.3 is 5.97 Å². The van der Waals surface area contributed by atoms with Gasteiger partial charge in [0.2, 0.25) is 0 Å². The lowest BCUT2D eigenvalue weighted by molar-refractivity contribution is -0.757. The highest BCUT2D eigenvalue weighted by Gasteiger charge is 2.48. The van der Waals surface area contributed by atoms with Gasteiger partial charge in [0.1, 0.15) is 18.3 Å². The maximum absolute atomic E-state index is 11.5. The van der Waals surface area contributed by atoms with E-state index >= 15 is 0 Å². The Bertz CT molecular complexity index is 348. The highest BCUT2D eigenvalue weighted by atomic mass is 16.9. The summed E-state index contributed by atoms with van der Waals surface area (Å²) in [5.41, 5.74) is 0. The van der Waals surface area contributed by atoms with Crippen LogP contribution in [0.3, 0.4) is 0 Å². The van der Waals surface area contributed by atoms with E-state index in [1.807, 2.05) is 0 Å². The van der Waals surface area contributed by atoms with Crippen LogP contribution in [0.4, 0.5) is 0 Å². The van der Waals surface area contributed by atoms with Gasteiger partial charge in [-0.3, -0.25) is 4.79 Å². The lowest BCUT2D eigenvalue weighted by Crippen LogP contribution is -2.34. The monoisotopic (exact) mass is 277 g/mol. The Kier molecular flexibility index (Phi) is 4.51. The fourth-order valence-electron chi connectivity index (χ4n) is 2.13. The van der Waals surface area contributed by atoms with Crippen LogP contribution in [0.1, 0.15) is 12.8 Å². The van der Waals surface area contributed by atoms with Crippen LogP contribution in [0.5, 0.6) is 0 Å². The first-order valence-corrected chi connectivity index (χ1v) is 5.96. The first-order chi connectivity index (χ1) is 9.08. The van der Waals surface area contributed by atoms with Crippen molar-refractivity contribution in [3.8, 4) is 0 Å². The average molecular weight is 277 g/mol. The fourth-order valence-corrected chi connectivity index (χ4v) is 2.13. The van der Waals surface area contributed by atoms with Gasteiger partial charge in [-0.05, 0) is 6.42 Å². The number of esters is 1. The van der Waals surface area contributed by atoms with Crippen LogP contribution in [0.2, 0.25) is 0 Å². The van der Waals surface area contributed by atoms with Crippen LogP contribution in [-0.4, -0.2) is 60.4 Å². The molecule has 0 bridgehead atoms. The van der Waals surface area contributed by atoms with E-state index in [-0.39, 0.29) is 32.7 Å². The molecule has 0 aromatic heterocycles.